The van der Waals surface area contributed by atoms with Crippen LogP contribution in [0.1, 0.15) is 13.8 Å². The van der Waals surface area contributed by atoms with Gasteiger partial charge in [-0.3, -0.25) is 4.52 Å². The van der Waals surface area contributed by atoms with Gasteiger partial charge in [-0.25, -0.2) is 9.13 Å². The van der Waals surface area contributed by atoms with Crippen molar-refractivity contribution in [1.82, 2.24) is 4.86 Å². The lowest BCUT2D eigenvalue weighted by Gasteiger charge is -2.12. The van der Waals surface area contributed by atoms with Crippen molar-refractivity contribution in [1.29, 1.82) is 0 Å². The minimum Gasteiger partial charge on any atom is -0.309 e. The van der Waals surface area contributed by atoms with Crippen LogP contribution in [0.2, 0.25) is 0 Å². The first-order valence-corrected chi connectivity index (χ1v) is 5.99. The van der Waals surface area contributed by atoms with Gasteiger partial charge in [0.25, 0.3) is 0 Å². The monoisotopic (exact) mass is 223 g/mol. The molecule has 0 saturated heterocycles. The molecule has 0 spiro atoms. The van der Waals surface area contributed by atoms with Gasteiger partial charge in [-0.2, -0.15) is 0 Å². The summed E-state index contributed by atoms with van der Waals surface area (Å²) in [5.74, 6) is 0. The summed E-state index contributed by atoms with van der Waals surface area (Å²) in [6.07, 6.45) is -0.778. The lowest BCUT2D eigenvalue weighted by Crippen LogP contribution is -2.08. The molecule has 0 fully saturated rings. The minimum atomic E-state index is -5.36. The van der Waals surface area contributed by atoms with Gasteiger partial charge in [-0.05, 0) is 13.8 Å². The Morgan fingerprint density at radius 1 is 1.42 bits per heavy atom. The normalized spacial score (nSPS) is 21.8. The molecule has 2 unspecified atom stereocenters. The van der Waals surface area contributed by atoms with Gasteiger partial charge in [0.1, 0.15) is 0 Å². The zero-order valence-electron chi connectivity index (χ0n) is 6.40. The van der Waals surface area contributed by atoms with Crippen LogP contribution in [-0.2, 0) is 13.7 Å². The predicted molar refractivity (Wildman–Crippen MR) is 39.0 cm³/mol. The molecule has 2 atom stereocenters. The third-order valence-corrected chi connectivity index (χ3v) is 3.22. The van der Waals surface area contributed by atoms with Gasteiger partial charge < -0.3 is 4.89 Å². The van der Waals surface area contributed by atoms with Gasteiger partial charge in [0.05, 0.1) is 6.10 Å². The minimum absolute atomic E-state index is 0.738. The molecule has 9 heteroatoms. The van der Waals surface area contributed by atoms with E-state index in [1.54, 1.807) is 0 Å². The van der Waals surface area contributed by atoms with Crippen LogP contribution in [0.25, 0.3) is 0 Å². The van der Waals surface area contributed by atoms with Gasteiger partial charge in [-0.15, -0.1) is 13.3 Å². The van der Waals surface area contributed by atoms with Gasteiger partial charge in [0, 0.05) is 0 Å². The fourth-order valence-corrected chi connectivity index (χ4v) is 2.35. The highest BCUT2D eigenvalue weighted by Gasteiger charge is 2.33. The van der Waals surface area contributed by atoms with Crippen molar-refractivity contribution in [3.05, 3.63) is 0 Å². The van der Waals surface area contributed by atoms with Crippen LogP contribution in [0.3, 0.4) is 0 Å². The number of nitrogens with one attached hydrogen (secondary N) is 1. The third-order valence-electron chi connectivity index (χ3n) is 0.589. The highest BCUT2D eigenvalue weighted by Crippen LogP contribution is 2.56. The smallest absolute Gasteiger partial charge is 0.309 e. The van der Waals surface area contributed by atoms with Crippen molar-refractivity contribution < 1.29 is 26.9 Å². The molecule has 0 amide bonds. The highest BCUT2D eigenvalue weighted by atomic mass is 31.3. The summed E-state index contributed by atoms with van der Waals surface area (Å²) in [7, 11) is -10.4. The van der Waals surface area contributed by atoms with E-state index in [1.165, 1.54) is 13.8 Å². The maximum Gasteiger partial charge on any atom is 0.452 e. The fourth-order valence-electron chi connectivity index (χ4n) is 0.442. The maximum absolute atomic E-state index is 12.5. The first-order chi connectivity index (χ1) is 5.12. The summed E-state index contributed by atoms with van der Waals surface area (Å²) in [6.45, 7) is 2.68. The zero-order valence-corrected chi connectivity index (χ0v) is 8.19. The Kier molecular flexibility index (Phi) is 4.00. The fraction of sp³-hybridized carbons (Fsp3) is 1.00. The molecule has 0 aromatic rings. The van der Waals surface area contributed by atoms with Crippen LogP contribution in [0.15, 0.2) is 0 Å². The molecule has 0 aliphatic carbocycles. The molecule has 0 aromatic carbocycles. The summed E-state index contributed by atoms with van der Waals surface area (Å²) >= 11 is 0. The zero-order chi connectivity index (χ0) is 9.99. The molecular weight excluding hydrogens is 214 g/mol. The van der Waals surface area contributed by atoms with E-state index in [1.807, 2.05) is 0 Å². The van der Waals surface area contributed by atoms with Gasteiger partial charge in [0.15, 0.2) is 0 Å². The summed E-state index contributed by atoms with van der Waals surface area (Å²) in [6, 6.07) is 0. The summed E-state index contributed by atoms with van der Waals surface area (Å²) < 4.78 is 48.7. The van der Waals surface area contributed by atoms with Crippen molar-refractivity contribution >= 4 is 15.7 Å². The average Bonchev–Trinajstić information content (AvgIpc) is 1.48. The summed E-state index contributed by atoms with van der Waals surface area (Å²) in [5, 5.41) is 0. The highest BCUT2D eigenvalue weighted by molar-refractivity contribution is 7.66. The van der Waals surface area contributed by atoms with Gasteiger partial charge in [-0.1, -0.05) is 0 Å². The number of halogens is 2. The van der Waals surface area contributed by atoms with E-state index in [4.69, 9.17) is 4.89 Å². The molecule has 0 saturated carbocycles. The molecule has 2 N–H and O–H groups in total. The van der Waals surface area contributed by atoms with Crippen LogP contribution in [0.5, 0.6) is 0 Å². The Hall–Kier alpha value is 0.200. The van der Waals surface area contributed by atoms with E-state index in [-0.39, 0.29) is 0 Å². The first-order valence-electron chi connectivity index (χ1n) is 2.92. The van der Waals surface area contributed by atoms with Crippen LogP contribution < -0.4 is 4.86 Å². The molecule has 0 heterocycles. The maximum atomic E-state index is 12.5. The summed E-state index contributed by atoms with van der Waals surface area (Å²) in [4.78, 5) is 8.69. The Balaban J connectivity index is 4.25. The molecule has 74 valence electrons. The quantitative estimate of drug-likeness (QED) is 0.714. The topological polar surface area (TPSA) is 75.6 Å². The standard InChI is InChI=1S/C3H9F2NO4P2/c1-3(2)10-12(5,9)6-11(4,7)8/h3H,1-2H3,(H2,6,7,8,9). The number of rotatable bonds is 4. The van der Waals surface area contributed by atoms with E-state index in [2.05, 4.69) is 4.52 Å². The predicted octanol–water partition coefficient (Wildman–Crippen LogP) is 2.15. The molecule has 5 nitrogen and oxygen atoms in total. The molecule has 0 bridgehead atoms. The van der Waals surface area contributed by atoms with E-state index in [0.717, 1.165) is 4.86 Å². The first kappa shape index (κ1) is 12.2. The second-order valence-corrected chi connectivity index (χ2v) is 5.21. The average molecular weight is 223 g/mol. The molecule has 0 aliphatic rings. The summed E-state index contributed by atoms with van der Waals surface area (Å²) in [5.41, 5.74) is 0. The molecule has 0 radical (unpaired) electrons. The lowest BCUT2D eigenvalue weighted by molar-refractivity contribution is 0.220. The van der Waals surface area contributed by atoms with E-state index < -0.39 is 21.8 Å². The third kappa shape index (κ3) is 6.88. The second kappa shape index (κ2) is 3.94. The van der Waals surface area contributed by atoms with Crippen LogP contribution in [0.4, 0.5) is 8.39 Å². The molecular formula is C3H9F2NO4P2. The van der Waals surface area contributed by atoms with Crippen LogP contribution in [-0.4, -0.2) is 11.0 Å². The molecule has 0 rings (SSSR count). The van der Waals surface area contributed by atoms with E-state index in [0.29, 0.717) is 0 Å². The Morgan fingerprint density at radius 2 is 1.83 bits per heavy atom. The van der Waals surface area contributed by atoms with Gasteiger partial charge in [0.2, 0.25) is 0 Å². The number of hydrogen-bond donors (Lipinski definition) is 2. The Labute approximate surface area is 68.4 Å². The SMILES string of the molecule is CC(C)OP(=O)(F)NP(=O)(O)F. The van der Waals surface area contributed by atoms with Crippen LogP contribution in [0, 0.1) is 0 Å². The Morgan fingerprint density at radius 3 is 2.08 bits per heavy atom. The van der Waals surface area contributed by atoms with Crippen molar-refractivity contribution in [3.8, 4) is 0 Å². The lowest BCUT2D eigenvalue weighted by atomic mass is 10.5. The van der Waals surface area contributed by atoms with Crippen LogP contribution >= 0.6 is 15.7 Å². The molecule has 12 heavy (non-hydrogen) atoms. The Bertz CT molecular complexity index is 238. The van der Waals surface area contributed by atoms with Crippen molar-refractivity contribution in [2.75, 3.05) is 0 Å². The largest absolute Gasteiger partial charge is 0.452 e. The van der Waals surface area contributed by atoms with Crippen molar-refractivity contribution in [3.63, 3.8) is 0 Å². The van der Waals surface area contributed by atoms with Crippen molar-refractivity contribution in [2.24, 2.45) is 0 Å². The van der Waals surface area contributed by atoms with E-state index in [9.17, 15) is 17.5 Å². The second-order valence-electron chi connectivity index (χ2n) is 2.24. The van der Waals surface area contributed by atoms with E-state index >= 15 is 0 Å². The van der Waals surface area contributed by atoms with Crippen molar-refractivity contribution in [2.45, 2.75) is 20.0 Å². The number of hydrogen-bond acceptors (Lipinski definition) is 3. The molecule has 0 aliphatic heterocycles. The van der Waals surface area contributed by atoms with Gasteiger partial charge >= 0.3 is 15.7 Å². The molecule has 0 aromatic heterocycles.